The Morgan fingerprint density at radius 1 is 0.284 bits per heavy atom. The van der Waals surface area contributed by atoms with Crippen molar-refractivity contribution in [3.63, 3.8) is 0 Å². The first-order valence-electron chi connectivity index (χ1n) is 35.7. The number of phosphoric acid groups is 2. The number of carbonyl (C=O) groups excluding carboxylic acids is 4. The summed E-state index contributed by atoms with van der Waals surface area (Å²) < 4.78 is 68.2. The Bertz CT molecular complexity index is 1750. The zero-order valence-electron chi connectivity index (χ0n) is 57.3. The van der Waals surface area contributed by atoms with E-state index in [0.29, 0.717) is 37.5 Å². The second-order valence-electron chi connectivity index (χ2n) is 26.8. The van der Waals surface area contributed by atoms with Crippen LogP contribution in [0.5, 0.6) is 0 Å². The number of rotatable bonds is 66. The van der Waals surface area contributed by atoms with Crippen molar-refractivity contribution in [3.05, 3.63) is 0 Å². The standard InChI is InChI=1S/C69H134O17P2/c1-59(2)45-37-29-21-16-12-10-9-11-13-18-24-33-41-49-66(71)79-56-65(86-69(74)52-44-36-28-27-32-40-48-62(7)8)58-84-88(77,78)82-54-63(70)53-81-87(75,76)83-57-64(55-80-67(72)50-42-34-26-20-23-31-39-47-61(5)6)85-68(73)51-43-35-25-19-15-14-17-22-30-38-46-60(3)4/h59-65,70H,9-58H2,1-8H3,(H,75,76)(H,77,78)/t63?,64-,65-/m1/s1. The van der Waals surface area contributed by atoms with Gasteiger partial charge in [-0.15, -0.1) is 0 Å². The van der Waals surface area contributed by atoms with Crippen LogP contribution >= 0.6 is 15.6 Å². The zero-order chi connectivity index (χ0) is 65.4. The molecule has 19 heteroatoms. The molecule has 0 aliphatic carbocycles. The molecule has 0 saturated carbocycles. The molecule has 3 N–H and O–H groups in total. The van der Waals surface area contributed by atoms with E-state index in [0.717, 1.165) is 108 Å². The molecule has 0 aromatic heterocycles. The summed E-state index contributed by atoms with van der Waals surface area (Å²) >= 11 is 0. The van der Waals surface area contributed by atoms with E-state index in [4.69, 9.17) is 37.0 Å². The van der Waals surface area contributed by atoms with Crippen molar-refractivity contribution >= 4 is 39.5 Å². The van der Waals surface area contributed by atoms with Gasteiger partial charge in [-0.3, -0.25) is 37.3 Å². The zero-order valence-corrected chi connectivity index (χ0v) is 59.1. The average Bonchev–Trinajstić information content (AvgIpc) is 3.69. The fourth-order valence-electron chi connectivity index (χ4n) is 10.3. The maximum Gasteiger partial charge on any atom is 0.472 e. The highest BCUT2D eigenvalue weighted by molar-refractivity contribution is 7.47. The molecule has 17 nitrogen and oxygen atoms in total. The van der Waals surface area contributed by atoms with Crippen molar-refractivity contribution in [1.29, 1.82) is 0 Å². The monoisotopic (exact) mass is 1300 g/mol. The van der Waals surface area contributed by atoms with Crippen LogP contribution in [0.15, 0.2) is 0 Å². The Labute approximate surface area is 537 Å². The molecule has 3 unspecified atom stereocenters. The predicted molar refractivity (Wildman–Crippen MR) is 354 cm³/mol. The van der Waals surface area contributed by atoms with Crippen molar-refractivity contribution in [2.75, 3.05) is 39.6 Å². The topological polar surface area (TPSA) is 237 Å². The van der Waals surface area contributed by atoms with E-state index in [1.165, 1.54) is 135 Å². The summed E-state index contributed by atoms with van der Waals surface area (Å²) in [6.07, 6.45) is 40.6. The molecule has 0 aromatic rings. The van der Waals surface area contributed by atoms with Gasteiger partial charge >= 0.3 is 39.5 Å². The summed E-state index contributed by atoms with van der Waals surface area (Å²) in [5, 5.41) is 10.6. The van der Waals surface area contributed by atoms with Gasteiger partial charge in [0.25, 0.3) is 0 Å². The van der Waals surface area contributed by atoms with E-state index in [1.54, 1.807) is 0 Å². The summed E-state index contributed by atoms with van der Waals surface area (Å²) in [6.45, 7) is 14.0. The third-order valence-electron chi connectivity index (χ3n) is 15.8. The summed E-state index contributed by atoms with van der Waals surface area (Å²) in [5.74, 6) is 0.782. The quantitative estimate of drug-likeness (QED) is 0.0222. The summed E-state index contributed by atoms with van der Waals surface area (Å²) in [6, 6.07) is 0. The highest BCUT2D eigenvalue weighted by Crippen LogP contribution is 2.45. The molecule has 0 rings (SSSR count). The number of carbonyl (C=O) groups is 4. The number of hydrogen-bond donors (Lipinski definition) is 3. The van der Waals surface area contributed by atoms with Crippen molar-refractivity contribution in [3.8, 4) is 0 Å². The number of aliphatic hydroxyl groups is 1. The van der Waals surface area contributed by atoms with Crippen molar-refractivity contribution in [1.82, 2.24) is 0 Å². The van der Waals surface area contributed by atoms with Crippen molar-refractivity contribution in [2.24, 2.45) is 23.7 Å². The molecule has 0 aliphatic heterocycles. The van der Waals surface area contributed by atoms with Crippen LogP contribution in [0.25, 0.3) is 0 Å². The van der Waals surface area contributed by atoms with E-state index in [1.807, 2.05) is 0 Å². The molecule has 0 aromatic carbocycles. The molecular weight excluding hydrogens is 1160 g/mol. The van der Waals surface area contributed by atoms with Gasteiger partial charge in [-0.2, -0.15) is 0 Å². The molecular formula is C69H134O17P2. The van der Waals surface area contributed by atoms with E-state index >= 15 is 0 Å². The lowest BCUT2D eigenvalue weighted by molar-refractivity contribution is -0.161. The Hall–Kier alpha value is -1.94. The summed E-state index contributed by atoms with van der Waals surface area (Å²) in [5.41, 5.74) is 0. The Balaban J connectivity index is 5.20. The Kier molecular flexibility index (Phi) is 57.6. The minimum absolute atomic E-state index is 0.102. The minimum Gasteiger partial charge on any atom is -0.462 e. The molecule has 88 heavy (non-hydrogen) atoms. The first-order valence-corrected chi connectivity index (χ1v) is 38.7. The highest BCUT2D eigenvalue weighted by atomic mass is 31.2. The van der Waals surface area contributed by atoms with Gasteiger partial charge in [0, 0.05) is 25.7 Å². The van der Waals surface area contributed by atoms with Crippen LogP contribution in [0.1, 0.15) is 338 Å². The molecule has 0 heterocycles. The van der Waals surface area contributed by atoms with Crippen LogP contribution in [0.2, 0.25) is 0 Å². The van der Waals surface area contributed by atoms with Crippen LogP contribution in [0, 0.1) is 23.7 Å². The number of phosphoric ester groups is 2. The lowest BCUT2D eigenvalue weighted by Gasteiger charge is -2.21. The third kappa shape index (κ3) is 62.8. The Morgan fingerprint density at radius 3 is 0.705 bits per heavy atom. The lowest BCUT2D eigenvalue weighted by atomic mass is 10.0. The maximum absolute atomic E-state index is 13.0. The number of aliphatic hydroxyl groups excluding tert-OH is 1. The first-order chi connectivity index (χ1) is 42.1. The molecule has 0 spiro atoms. The molecule has 0 saturated heterocycles. The van der Waals surface area contributed by atoms with Crippen LogP contribution in [-0.4, -0.2) is 96.7 Å². The fourth-order valence-corrected chi connectivity index (χ4v) is 11.9. The normalized spacial score (nSPS) is 14.3. The lowest BCUT2D eigenvalue weighted by Crippen LogP contribution is -2.30. The van der Waals surface area contributed by atoms with E-state index in [9.17, 15) is 43.2 Å². The van der Waals surface area contributed by atoms with Gasteiger partial charge in [0.2, 0.25) is 0 Å². The highest BCUT2D eigenvalue weighted by Gasteiger charge is 2.30. The summed E-state index contributed by atoms with van der Waals surface area (Å²) in [4.78, 5) is 72.4. The summed E-state index contributed by atoms with van der Waals surface area (Å²) in [7, 11) is -9.90. The number of hydrogen-bond acceptors (Lipinski definition) is 15. The van der Waals surface area contributed by atoms with E-state index in [-0.39, 0.29) is 25.7 Å². The molecule has 0 aliphatic rings. The number of esters is 4. The van der Waals surface area contributed by atoms with Crippen LogP contribution in [0.4, 0.5) is 0 Å². The Morgan fingerprint density at radius 2 is 0.477 bits per heavy atom. The SMILES string of the molecule is CC(C)CCCCCCCCCCCCCCCC(=O)OC[C@H](COP(=O)(O)OCC(O)COP(=O)(O)OC[C@@H](COC(=O)CCCCCCCCCC(C)C)OC(=O)CCCCCCCCCCCCC(C)C)OC(=O)CCCCCCCCC(C)C. The smallest absolute Gasteiger partial charge is 0.462 e. The van der Waals surface area contributed by atoms with Crippen molar-refractivity contribution in [2.45, 2.75) is 356 Å². The van der Waals surface area contributed by atoms with Gasteiger partial charge in [0.05, 0.1) is 26.4 Å². The van der Waals surface area contributed by atoms with Gasteiger partial charge in [-0.05, 0) is 49.4 Å². The van der Waals surface area contributed by atoms with Gasteiger partial charge in [-0.1, -0.05) is 287 Å². The van der Waals surface area contributed by atoms with Crippen LogP contribution in [-0.2, 0) is 65.4 Å². The number of ether oxygens (including phenoxy) is 4. The predicted octanol–water partition coefficient (Wildman–Crippen LogP) is 19.3. The number of unbranched alkanes of at least 4 members (excludes halogenated alkanes) is 32. The first kappa shape index (κ1) is 86.1. The third-order valence-corrected chi connectivity index (χ3v) is 17.7. The van der Waals surface area contributed by atoms with Gasteiger partial charge in [0.15, 0.2) is 12.2 Å². The molecule has 0 radical (unpaired) electrons. The molecule has 522 valence electrons. The minimum atomic E-state index is -4.95. The largest absolute Gasteiger partial charge is 0.472 e. The second kappa shape index (κ2) is 58.8. The van der Waals surface area contributed by atoms with Crippen LogP contribution in [0.3, 0.4) is 0 Å². The molecule has 0 fully saturated rings. The van der Waals surface area contributed by atoms with Gasteiger partial charge < -0.3 is 33.8 Å². The van der Waals surface area contributed by atoms with Gasteiger partial charge in [0.1, 0.15) is 19.3 Å². The van der Waals surface area contributed by atoms with Crippen LogP contribution < -0.4 is 0 Å². The second-order valence-corrected chi connectivity index (χ2v) is 29.7. The van der Waals surface area contributed by atoms with E-state index in [2.05, 4.69) is 55.4 Å². The van der Waals surface area contributed by atoms with Crippen molar-refractivity contribution < 1.29 is 80.2 Å². The van der Waals surface area contributed by atoms with Gasteiger partial charge in [-0.25, -0.2) is 9.13 Å². The fraction of sp³-hybridized carbons (Fsp3) is 0.942. The molecule has 0 bridgehead atoms. The maximum atomic E-state index is 13.0. The molecule has 5 atom stereocenters. The van der Waals surface area contributed by atoms with E-state index < -0.39 is 97.5 Å². The average molecular weight is 1300 g/mol. The molecule has 0 amide bonds.